The molecule has 0 radical (unpaired) electrons. The number of ether oxygens (including phenoxy) is 1. The van der Waals surface area contributed by atoms with Crippen molar-refractivity contribution in [2.24, 2.45) is 0 Å². The van der Waals surface area contributed by atoms with Crippen LogP contribution in [0.15, 0.2) is 23.7 Å². The predicted molar refractivity (Wildman–Crippen MR) is 47.9 cm³/mol. The number of hydrogen-bond acceptors (Lipinski definition) is 2. The monoisotopic (exact) mass is 220 g/mol. The van der Waals surface area contributed by atoms with E-state index in [1.807, 2.05) is 0 Å². The molecule has 0 atom stereocenters. The van der Waals surface area contributed by atoms with Crippen LogP contribution in [0.25, 0.3) is 0 Å². The molecular weight excluding hydrogens is 209 g/mol. The average Bonchev–Trinajstić information content (AvgIpc) is 2.17. The second-order valence-electron chi connectivity index (χ2n) is 3.19. The van der Waals surface area contributed by atoms with Gasteiger partial charge >= 0.3 is 6.08 Å². The van der Waals surface area contributed by atoms with Gasteiger partial charge in [-0.3, -0.25) is 4.79 Å². The van der Waals surface area contributed by atoms with E-state index in [-0.39, 0.29) is 12.4 Å². The molecule has 2 nitrogen and oxygen atoms in total. The number of carbonyl (C=O) groups is 1. The molecule has 15 heavy (non-hydrogen) atoms. The van der Waals surface area contributed by atoms with Gasteiger partial charge < -0.3 is 4.74 Å². The minimum atomic E-state index is -2.31. The molecule has 0 N–H and O–H groups in total. The second kappa shape index (κ2) is 5.58. The fraction of sp³-hybridized carbons (Fsp3) is 0.500. The molecule has 1 rings (SSSR count). The first-order chi connectivity index (χ1) is 7.09. The first-order valence-corrected chi connectivity index (χ1v) is 4.65. The lowest BCUT2D eigenvalue weighted by Crippen LogP contribution is -2.06. The fourth-order valence-electron chi connectivity index (χ4n) is 1.24. The molecule has 0 aromatic rings. The first kappa shape index (κ1) is 11.8. The average molecular weight is 220 g/mol. The highest BCUT2D eigenvalue weighted by Gasteiger charge is 2.11. The molecule has 0 aromatic carbocycles. The smallest absolute Gasteiger partial charge is 0.301 e. The quantitative estimate of drug-likeness (QED) is 0.727. The molecule has 0 aromatic heterocycles. The van der Waals surface area contributed by atoms with Crippen LogP contribution < -0.4 is 0 Å². The summed E-state index contributed by atoms with van der Waals surface area (Å²) in [5.74, 6) is -1.04. The largest absolute Gasteiger partial charge is 0.497 e. The Bertz CT molecular complexity index is 304. The Labute approximate surface area is 85.4 Å². The molecule has 0 fully saturated rings. The van der Waals surface area contributed by atoms with Gasteiger partial charge in [0.25, 0.3) is 0 Å². The topological polar surface area (TPSA) is 26.3 Å². The van der Waals surface area contributed by atoms with E-state index in [0.717, 1.165) is 0 Å². The van der Waals surface area contributed by atoms with Crippen LogP contribution >= 0.6 is 0 Å². The first-order valence-electron chi connectivity index (χ1n) is 4.65. The number of rotatable bonds is 4. The molecule has 5 heteroatoms. The van der Waals surface area contributed by atoms with Gasteiger partial charge in [0.15, 0.2) is 11.6 Å². The minimum absolute atomic E-state index is 0.0380. The third-order valence-electron chi connectivity index (χ3n) is 1.98. The van der Waals surface area contributed by atoms with Crippen molar-refractivity contribution in [2.75, 3.05) is 6.61 Å². The highest BCUT2D eigenvalue weighted by molar-refractivity contribution is 5.90. The summed E-state index contributed by atoms with van der Waals surface area (Å²) in [6.45, 7) is -0.164. The van der Waals surface area contributed by atoms with Crippen LogP contribution in [0.3, 0.4) is 0 Å². The highest BCUT2D eigenvalue weighted by atomic mass is 19.3. The lowest BCUT2D eigenvalue weighted by atomic mass is 10.1. The van der Waals surface area contributed by atoms with Crippen LogP contribution in [0.5, 0.6) is 0 Å². The van der Waals surface area contributed by atoms with E-state index in [1.165, 1.54) is 6.08 Å². The third-order valence-corrected chi connectivity index (χ3v) is 1.98. The molecule has 0 unspecified atom stereocenters. The summed E-state index contributed by atoms with van der Waals surface area (Å²) in [6, 6.07) is 0. The zero-order chi connectivity index (χ0) is 11.3. The van der Waals surface area contributed by atoms with Gasteiger partial charge in [-0.25, -0.2) is 4.39 Å². The summed E-state index contributed by atoms with van der Waals surface area (Å²) in [6.07, 6.45) is 0.355. The van der Waals surface area contributed by atoms with Crippen molar-refractivity contribution in [1.82, 2.24) is 0 Å². The van der Waals surface area contributed by atoms with Crippen molar-refractivity contribution < 1.29 is 22.7 Å². The molecule has 0 amide bonds. The zero-order valence-corrected chi connectivity index (χ0v) is 8.06. The maximum atomic E-state index is 12.3. The summed E-state index contributed by atoms with van der Waals surface area (Å²) in [5, 5.41) is 0. The van der Waals surface area contributed by atoms with E-state index in [0.29, 0.717) is 25.0 Å². The van der Waals surface area contributed by atoms with Crippen LogP contribution in [-0.4, -0.2) is 12.4 Å². The van der Waals surface area contributed by atoms with Gasteiger partial charge in [-0.2, -0.15) is 8.78 Å². The van der Waals surface area contributed by atoms with Crippen LogP contribution in [-0.2, 0) is 9.53 Å². The predicted octanol–water partition coefficient (Wildman–Crippen LogP) is 3.11. The molecule has 84 valence electrons. The van der Waals surface area contributed by atoms with Crippen LogP contribution in [0, 0.1) is 0 Å². The van der Waals surface area contributed by atoms with E-state index in [1.54, 1.807) is 0 Å². The van der Waals surface area contributed by atoms with E-state index >= 15 is 0 Å². The van der Waals surface area contributed by atoms with Crippen LogP contribution in [0.4, 0.5) is 13.2 Å². The Morgan fingerprint density at radius 1 is 1.33 bits per heavy atom. The number of carbonyl (C=O) groups excluding carboxylic acids is 1. The Kier molecular flexibility index (Phi) is 4.39. The lowest BCUT2D eigenvalue weighted by Gasteiger charge is -2.12. The Balaban J connectivity index is 2.32. The SMILES string of the molecule is O=C1C=C(OCCC(F)=C(F)F)CCC1. The number of halogens is 3. The van der Waals surface area contributed by atoms with Crippen molar-refractivity contribution in [3.05, 3.63) is 23.7 Å². The van der Waals surface area contributed by atoms with Crippen molar-refractivity contribution >= 4 is 5.78 Å². The number of hydrogen-bond donors (Lipinski definition) is 0. The van der Waals surface area contributed by atoms with Crippen LogP contribution in [0.2, 0.25) is 0 Å². The molecule has 1 aliphatic carbocycles. The van der Waals surface area contributed by atoms with Gasteiger partial charge in [-0.15, -0.1) is 0 Å². The summed E-state index contributed by atoms with van der Waals surface area (Å²) < 4.78 is 40.6. The van der Waals surface area contributed by atoms with Gasteiger partial charge in [0.1, 0.15) is 0 Å². The number of allylic oxidation sites excluding steroid dienone is 2. The standard InChI is InChI=1S/C10H11F3O2/c11-9(10(12)13)4-5-15-8-3-1-2-7(14)6-8/h6H,1-5H2. The van der Waals surface area contributed by atoms with Crippen LogP contribution in [0.1, 0.15) is 25.7 Å². The Hall–Kier alpha value is -1.26. The van der Waals surface area contributed by atoms with E-state index in [2.05, 4.69) is 0 Å². The molecule has 0 saturated heterocycles. The van der Waals surface area contributed by atoms with Gasteiger partial charge in [0, 0.05) is 25.3 Å². The molecule has 1 aliphatic rings. The second-order valence-corrected chi connectivity index (χ2v) is 3.19. The Morgan fingerprint density at radius 3 is 2.67 bits per heavy atom. The van der Waals surface area contributed by atoms with Gasteiger partial charge in [0.2, 0.25) is 0 Å². The highest BCUT2D eigenvalue weighted by Crippen LogP contribution is 2.18. The lowest BCUT2D eigenvalue weighted by molar-refractivity contribution is -0.115. The summed E-state index contributed by atoms with van der Waals surface area (Å²) in [5.41, 5.74) is 0. The third kappa shape index (κ3) is 4.18. The summed E-state index contributed by atoms with van der Waals surface area (Å²) in [4.78, 5) is 10.9. The van der Waals surface area contributed by atoms with Gasteiger partial charge in [-0.1, -0.05) is 0 Å². The number of ketones is 1. The maximum Gasteiger partial charge on any atom is 0.301 e. The Morgan fingerprint density at radius 2 is 2.07 bits per heavy atom. The summed E-state index contributed by atoms with van der Waals surface area (Å²) in [7, 11) is 0. The summed E-state index contributed by atoms with van der Waals surface area (Å²) >= 11 is 0. The van der Waals surface area contributed by atoms with E-state index < -0.39 is 18.3 Å². The van der Waals surface area contributed by atoms with Gasteiger partial charge in [-0.05, 0) is 6.42 Å². The van der Waals surface area contributed by atoms with Crippen molar-refractivity contribution in [3.63, 3.8) is 0 Å². The van der Waals surface area contributed by atoms with E-state index in [4.69, 9.17) is 4.74 Å². The van der Waals surface area contributed by atoms with Crippen molar-refractivity contribution in [1.29, 1.82) is 0 Å². The molecule has 0 saturated carbocycles. The minimum Gasteiger partial charge on any atom is -0.497 e. The molecule has 0 spiro atoms. The fourth-order valence-corrected chi connectivity index (χ4v) is 1.24. The zero-order valence-electron chi connectivity index (χ0n) is 8.06. The molecule has 0 heterocycles. The molecule has 0 aliphatic heterocycles. The maximum absolute atomic E-state index is 12.3. The van der Waals surface area contributed by atoms with Crippen molar-refractivity contribution in [2.45, 2.75) is 25.7 Å². The van der Waals surface area contributed by atoms with E-state index in [9.17, 15) is 18.0 Å². The molecular formula is C10H11F3O2. The normalized spacial score (nSPS) is 15.9. The van der Waals surface area contributed by atoms with Crippen molar-refractivity contribution in [3.8, 4) is 0 Å². The molecule has 0 bridgehead atoms. The van der Waals surface area contributed by atoms with Gasteiger partial charge in [0.05, 0.1) is 12.4 Å².